The van der Waals surface area contributed by atoms with Gasteiger partial charge in [0.15, 0.2) is 0 Å². The largest absolute Gasteiger partial charge is 0.489 e. The molecule has 1 heterocycles. The van der Waals surface area contributed by atoms with Crippen molar-refractivity contribution in [3.63, 3.8) is 0 Å². The van der Waals surface area contributed by atoms with Crippen molar-refractivity contribution in [1.29, 1.82) is 0 Å². The lowest BCUT2D eigenvalue weighted by atomic mass is 9.89. The van der Waals surface area contributed by atoms with Crippen LogP contribution in [-0.2, 0) is 13.0 Å². The van der Waals surface area contributed by atoms with Crippen molar-refractivity contribution in [2.45, 2.75) is 19.4 Å². The van der Waals surface area contributed by atoms with Gasteiger partial charge in [-0.05, 0) is 30.0 Å². The Kier molecular flexibility index (Phi) is 3.68. The van der Waals surface area contributed by atoms with Gasteiger partial charge < -0.3 is 9.72 Å². The standard InChI is InChI=1S/C20H18N2O/c1-2-6-15(7-3-1)13-23-20-11-5-8-16-17(9-4-10-18(16)20)19-12-21-14-22-19/h1-3,5-9,11-12,14H,4,10,13H2,(H,21,22). The molecule has 3 heteroatoms. The third kappa shape index (κ3) is 2.78. The first-order valence-corrected chi connectivity index (χ1v) is 7.90. The van der Waals surface area contributed by atoms with Gasteiger partial charge in [-0.2, -0.15) is 0 Å². The maximum Gasteiger partial charge on any atom is 0.123 e. The van der Waals surface area contributed by atoms with E-state index in [-0.39, 0.29) is 0 Å². The van der Waals surface area contributed by atoms with Crippen LogP contribution in [0.1, 0.15) is 28.8 Å². The molecule has 0 amide bonds. The summed E-state index contributed by atoms with van der Waals surface area (Å²) in [5, 5.41) is 0. The van der Waals surface area contributed by atoms with Gasteiger partial charge in [-0.15, -0.1) is 0 Å². The molecule has 0 saturated carbocycles. The second-order valence-corrected chi connectivity index (χ2v) is 5.68. The zero-order valence-electron chi connectivity index (χ0n) is 12.8. The minimum atomic E-state index is 0.598. The van der Waals surface area contributed by atoms with Crippen molar-refractivity contribution in [2.75, 3.05) is 0 Å². The van der Waals surface area contributed by atoms with E-state index in [9.17, 15) is 0 Å². The third-order valence-electron chi connectivity index (χ3n) is 4.19. The fourth-order valence-electron chi connectivity index (χ4n) is 3.08. The number of aromatic nitrogens is 2. The average molecular weight is 302 g/mol. The Hall–Kier alpha value is -2.81. The van der Waals surface area contributed by atoms with Crippen LogP contribution in [0.25, 0.3) is 5.57 Å². The number of hydrogen-bond donors (Lipinski definition) is 1. The van der Waals surface area contributed by atoms with Crippen LogP contribution in [0.4, 0.5) is 0 Å². The SMILES string of the molecule is C1=C(c2cnc[nH]2)c2cccc(OCc3ccccc3)c2CC1. The highest BCUT2D eigenvalue weighted by atomic mass is 16.5. The molecule has 4 rings (SSSR count). The Morgan fingerprint density at radius 3 is 2.78 bits per heavy atom. The van der Waals surface area contributed by atoms with E-state index in [1.807, 2.05) is 24.4 Å². The average Bonchev–Trinajstić information content (AvgIpc) is 3.15. The fraction of sp³-hybridized carbons (Fsp3) is 0.150. The van der Waals surface area contributed by atoms with Crippen LogP contribution in [0.5, 0.6) is 5.75 Å². The molecule has 1 aliphatic rings. The first-order chi connectivity index (χ1) is 11.4. The van der Waals surface area contributed by atoms with E-state index in [2.05, 4.69) is 46.4 Å². The minimum Gasteiger partial charge on any atom is -0.489 e. The topological polar surface area (TPSA) is 37.9 Å². The van der Waals surface area contributed by atoms with Crippen LogP contribution in [-0.4, -0.2) is 9.97 Å². The van der Waals surface area contributed by atoms with Gasteiger partial charge in [0.1, 0.15) is 12.4 Å². The zero-order chi connectivity index (χ0) is 15.5. The Morgan fingerprint density at radius 2 is 1.96 bits per heavy atom. The summed E-state index contributed by atoms with van der Waals surface area (Å²) in [7, 11) is 0. The van der Waals surface area contributed by atoms with E-state index in [1.54, 1.807) is 6.33 Å². The molecule has 0 unspecified atom stereocenters. The number of benzene rings is 2. The first kappa shape index (κ1) is 13.8. The quantitative estimate of drug-likeness (QED) is 0.777. The summed E-state index contributed by atoms with van der Waals surface area (Å²) in [5.74, 6) is 0.983. The van der Waals surface area contributed by atoms with Crippen molar-refractivity contribution in [3.05, 3.63) is 89.5 Å². The molecule has 23 heavy (non-hydrogen) atoms. The highest BCUT2D eigenvalue weighted by molar-refractivity contribution is 5.81. The van der Waals surface area contributed by atoms with Crippen molar-refractivity contribution in [3.8, 4) is 5.75 Å². The summed E-state index contributed by atoms with van der Waals surface area (Å²) in [6.07, 6.45) is 7.90. The Balaban J connectivity index is 1.63. The van der Waals surface area contributed by atoms with Crippen LogP contribution in [0, 0.1) is 0 Å². The maximum absolute atomic E-state index is 6.10. The molecule has 2 aromatic carbocycles. The smallest absolute Gasteiger partial charge is 0.123 e. The summed E-state index contributed by atoms with van der Waals surface area (Å²) < 4.78 is 6.10. The van der Waals surface area contributed by atoms with E-state index < -0.39 is 0 Å². The van der Waals surface area contributed by atoms with Gasteiger partial charge in [0, 0.05) is 11.1 Å². The van der Waals surface area contributed by atoms with E-state index in [0.717, 1.165) is 24.3 Å². The Bertz CT molecular complexity index is 820. The van der Waals surface area contributed by atoms with Crippen molar-refractivity contribution < 1.29 is 4.74 Å². The molecule has 0 aliphatic heterocycles. The lowest BCUT2D eigenvalue weighted by Crippen LogP contribution is -2.05. The number of allylic oxidation sites excluding steroid dienone is 1. The third-order valence-corrected chi connectivity index (χ3v) is 4.19. The van der Waals surface area contributed by atoms with E-state index in [0.29, 0.717) is 6.61 Å². The number of nitrogens with one attached hydrogen (secondary N) is 1. The number of H-pyrrole nitrogens is 1. The molecule has 0 spiro atoms. The summed E-state index contributed by atoms with van der Waals surface area (Å²) in [5.41, 5.74) is 5.99. The van der Waals surface area contributed by atoms with Crippen LogP contribution in [0.3, 0.4) is 0 Å². The molecule has 0 fully saturated rings. The van der Waals surface area contributed by atoms with Crippen LogP contribution in [0.15, 0.2) is 67.1 Å². The maximum atomic E-state index is 6.10. The molecule has 1 aromatic heterocycles. The van der Waals surface area contributed by atoms with Crippen molar-refractivity contribution in [2.24, 2.45) is 0 Å². The number of aromatic amines is 1. The molecule has 1 aliphatic carbocycles. The number of nitrogens with zero attached hydrogens (tertiary/aromatic N) is 1. The van der Waals surface area contributed by atoms with Crippen LogP contribution >= 0.6 is 0 Å². The summed E-state index contributed by atoms with van der Waals surface area (Å²) in [4.78, 5) is 7.35. The van der Waals surface area contributed by atoms with Gasteiger partial charge in [0.05, 0.1) is 18.2 Å². The lowest BCUT2D eigenvalue weighted by molar-refractivity contribution is 0.302. The second kappa shape index (κ2) is 6.13. The van der Waals surface area contributed by atoms with Gasteiger partial charge in [-0.3, -0.25) is 0 Å². The molecule has 0 bridgehead atoms. The van der Waals surface area contributed by atoms with E-state index in [1.165, 1.54) is 22.3 Å². The predicted molar refractivity (Wildman–Crippen MR) is 91.2 cm³/mol. The van der Waals surface area contributed by atoms with Gasteiger partial charge in [0.25, 0.3) is 0 Å². The molecular weight excluding hydrogens is 284 g/mol. The number of imidazole rings is 1. The lowest BCUT2D eigenvalue weighted by Gasteiger charge is -2.20. The zero-order valence-corrected chi connectivity index (χ0v) is 12.8. The highest BCUT2D eigenvalue weighted by Gasteiger charge is 2.18. The van der Waals surface area contributed by atoms with Crippen LogP contribution in [0.2, 0.25) is 0 Å². The predicted octanol–water partition coefficient (Wildman–Crippen LogP) is 4.37. The van der Waals surface area contributed by atoms with Crippen molar-refractivity contribution >= 4 is 5.57 Å². The Morgan fingerprint density at radius 1 is 1.04 bits per heavy atom. The molecule has 3 aromatic rings. The molecule has 0 atom stereocenters. The monoisotopic (exact) mass is 302 g/mol. The highest BCUT2D eigenvalue weighted by Crippen LogP contribution is 2.35. The number of ether oxygens (including phenoxy) is 1. The number of rotatable bonds is 4. The van der Waals surface area contributed by atoms with E-state index in [4.69, 9.17) is 4.74 Å². The van der Waals surface area contributed by atoms with Gasteiger partial charge in [0.2, 0.25) is 0 Å². The normalized spacial score (nSPS) is 13.3. The fourth-order valence-corrected chi connectivity index (χ4v) is 3.08. The molecular formula is C20H18N2O. The van der Waals surface area contributed by atoms with E-state index >= 15 is 0 Å². The summed E-state index contributed by atoms with van der Waals surface area (Å²) in [6, 6.07) is 16.6. The summed E-state index contributed by atoms with van der Waals surface area (Å²) >= 11 is 0. The molecule has 0 radical (unpaired) electrons. The summed E-state index contributed by atoms with van der Waals surface area (Å²) in [6.45, 7) is 0.598. The number of fused-ring (bicyclic) bond motifs is 1. The molecule has 1 N–H and O–H groups in total. The number of hydrogen-bond acceptors (Lipinski definition) is 2. The van der Waals surface area contributed by atoms with Gasteiger partial charge >= 0.3 is 0 Å². The first-order valence-electron chi connectivity index (χ1n) is 7.90. The van der Waals surface area contributed by atoms with Gasteiger partial charge in [-0.25, -0.2) is 4.98 Å². The van der Waals surface area contributed by atoms with Crippen molar-refractivity contribution in [1.82, 2.24) is 9.97 Å². The van der Waals surface area contributed by atoms with Crippen LogP contribution < -0.4 is 4.74 Å². The molecule has 0 saturated heterocycles. The Labute approximate surface area is 135 Å². The molecule has 3 nitrogen and oxygen atoms in total. The van der Waals surface area contributed by atoms with Gasteiger partial charge in [-0.1, -0.05) is 48.5 Å². The molecule has 114 valence electrons. The second-order valence-electron chi connectivity index (χ2n) is 5.68. The minimum absolute atomic E-state index is 0.598.